The van der Waals surface area contributed by atoms with Gasteiger partial charge in [-0.3, -0.25) is 0 Å². The molecule has 4 aliphatic carbocycles. The number of allylic oxidation sites excluding steroid dienone is 2. The van der Waals surface area contributed by atoms with Gasteiger partial charge in [0.25, 0.3) is 0 Å². The van der Waals surface area contributed by atoms with Crippen molar-refractivity contribution in [1.29, 1.82) is 0 Å². The van der Waals surface area contributed by atoms with E-state index < -0.39 is 6.36 Å². The number of aryl methyl sites for hydroxylation is 4. The molecule has 2 saturated carbocycles. The third kappa shape index (κ3) is 8.88. The van der Waals surface area contributed by atoms with Gasteiger partial charge in [0.2, 0.25) is 0 Å². The van der Waals surface area contributed by atoms with Gasteiger partial charge in [-0.15, -0.1) is 13.2 Å². The third-order valence-electron chi connectivity index (χ3n) is 12.2. The van der Waals surface area contributed by atoms with Gasteiger partial charge in [0.1, 0.15) is 5.75 Å². The minimum atomic E-state index is -4.66. The normalized spacial score (nSPS) is 19.3. The molecular formula is C50H51F3N2O. The van der Waals surface area contributed by atoms with Gasteiger partial charge in [0.15, 0.2) is 0 Å². The Bertz CT molecular complexity index is 2100. The largest absolute Gasteiger partial charge is 0.573 e. The first-order chi connectivity index (χ1) is 27.3. The maximum absolute atomic E-state index is 12.3. The molecule has 0 heterocycles. The summed E-state index contributed by atoms with van der Waals surface area (Å²) in [6.07, 6.45) is 8.53. The van der Waals surface area contributed by atoms with Gasteiger partial charge in [0, 0.05) is 18.6 Å². The Morgan fingerprint density at radius 3 is 1.27 bits per heavy atom. The second-order valence-electron chi connectivity index (χ2n) is 15.8. The smallest absolute Gasteiger partial charge is 0.406 e. The lowest BCUT2D eigenvalue weighted by atomic mass is 9.82. The van der Waals surface area contributed by atoms with Crippen molar-refractivity contribution in [3.63, 3.8) is 0 Å². The number of hydrogen-bond acceptors (Lipinski definition) is 3. The molecule has 0 bridgehead atoms. The Hall–Kier alpha value is -4.91. The zero-order valence-electron chi connectivity index (χ0n) is 32.0. The van der Waals surface area contributed by atoms with Crippen LogP contribution in [0.4, 0.5) is 13.2 Å². The van der Waals surface area contributed by atoms with E-state index in [1.165, 1.54) is 73.4 Å². The van der Waals surface area contributed by atoms with Crippen LogP contribution < -0.4 is 15.8 Å². The van der Waals surface area contributed by atoms with Gasteiger partial charge in [0.05, 0.1) is 0 Å². The Morgan fingerprint density at radius 1 is 0.500 bits per heavy atom. The van der Waals surface area contributed by atoms with Gasteiger partial charge in [-0.2, -0.15) is 0 Å². The fourth-order valence-corrected chi connectivity index (χ4v) is 9.25. The number of nitrogens with two attached hydrogens (primary N) is 1. The van der Waals surface area contributed by atoms with E-state index in [4.69, 9.17) is 5.73 Å². The van der Waals surface area contributed by atoms with Crippen LogP contribution in [-0.4, -0.2) is 18.4 Å². The molecule has 6 heteroatoms. The van der Waals surface area contributed by atoms with Crippen molar-refractivity contribution in [1.82, 2.24) is 5.32 Å². The van der Waals surface area contributed by atoms with Crippen molar-refractivity contribution < 1.29 is 17.9 Å². The number of alkyl halides is 3. The molecule has 3 nitrogen and oxygen atoms in total. The number of hydrogen-bond donors (Lipinski definition) is 2. The molecule has 9 rings (SSSR count). The van der Waals surface area contributed by atoms with Gasteiger partial charge in [-0.25, -0.2) is 0 Å². The van der Waals surface area contributed by atoms with E-state index in [9.17, 15) is 13.2 Å². The second-order valence-corrected chi connectivity index (χ2v) is 15.8. The lowest BCUT2D eigenvalue weighted by molar-refractivity contribution is -0.274. The Labute approximate surface area is 329 Å². The van der Waals surface area contributed by atoms with Gasteiger partial charge < -0.3 is 15.8 Å². The molecule has 288 valence electrons. The molecule has 0 atom stereocenters. The first-order valence-corrected chi connectivity index (χ1v) is 20.4. The van der Waals surface area contributed by atoms with Crippen LogP contribution in [0.1, 0.15) is 101 Å². The lowest BCUT2D eigenvalue weighted by Crippen LogP contribution is -2.31. The summed E-state index contributed by atoms with van der Waals surface area (Å²) in [6.45, 7) is 0.633. The molecule has 3 N–H and O–H groups in total. The van der Waals surface area contributed by atoms with E-state index in [-0.39, 0.29) is 5.75 Å². The molecule has 2 fully saturated rings. The molecule has 0 spiro atoms. The highest BCUT2D eigenvalue weighted by atomic mass is 19.4. The number of benzene rings is 5. The molecule has 0 radical (unpaired) electrons. The number of nitrogens with one attached hydrogen (secondary N) is 1. The molecule has 0 unspecified atom stereocenters. The summed E-state index contributed by atoms with van der Waals surface area (Å²) in [5.74, 6) is -0.186. The van der Waals surface area contributed by atoms with Crippen LogP contribution in [-0.2, 0) is 32.2 Å². The highest BCUT2D eigenvalue weighted by molar-refractivity contribution is 5.87. The molecule has 4 aliphatic rings. The molecule has 5 aromatic rings. The fraction of sp³-hybridized carbons (Fsp3) is 0.320. The predicted molar refractivity (Wildman–Crippen MR) is 221 cm³/mol. The van der Waals surface area contributed by atoms with Crippen LogP contribution in [0, 0.1) is 0 Å². The lowest BCUT2D eigenvalue weighted by Gasteiger charge is -2.28. The molecule has 0 aliphatic heterocycles. The third-order valence-corrected chi connectivity index (χ3v) is 12.2. The van der Waals surface area contributed by atoms with Crippen LogP contribution in [0.15, 0.2) is 132 Å². The first kappa shape index (κ1) is 38.0. The molecule has 0 aromatic heterocycles. The minimum absolute atomic E-state index is 0.186. The Kier molecular flexibility index (Phi) is 11.6. The van der Waals surface area contributed by atoms with E-state index in [2.05, 4.69) is 107 Å². The van der Waals surface area contributed by atoms with Crippen molar-refractivity contribution in [2.24, 2.45) is 5.73 Å². The number of halogens is 3. The van der Waals surface area contributed by atoms with Crippen molar-refractivity contribution in [2.75, 3.05) is 0 Å². The molecule has 56 heavy (non-hydrogen) atoms. The van der Waals surface area contributed by atoms with Crippen LogP contribution >= 0.6 is 0 Å². The van der Waals surface area contributed by atoms with E-state index >= 15 is 0 Å². The van der Waals surface area contributed by atoms with E-state index in [0.717, 1.165) is 82.6 Å². The quantitative estimate of drug-likeness (QED) is 0.192. The summed E-state index contributed by atoms with van der Waals surface area (Å²) < 4.78 is 41.0. The summed E-state index contributed by atoms with van der Waals surface area (Å²) in [5, 5.41) is 3.59. The first-order valence-electron chi connectivity index (χ1n) is 20.4. The van der Waals surface area contributed by atoms with E-state index in [1.54, 1.807) is 17.7 Å². The SMILES string of the molecule is FC(F)(F)Oc1ccc(CNC2CCC(=C3c4ccccc4CCc4ccccc43)CC2)cc1.NC1CCC(=C2c3ccccc3CCc3ccccc32)CC1. The van der Waals surface area contributed by atoms with Crippen molar-refractivity contribution in [3.05, 3.63) is 183 Å². The zero-order valence-corrected chi connectivity index (χ0v) is 32.0. The highest BCUT2D eigenvalue weighted by Gasteiger charge is 2.31. The second kappa shape index (κ2) is 17.1. The Balaban J connectivity index is 0.000000172. The van der Waals surface area contributed by atoms with Crippen molar-refractivity contribution >= 4 is 11.1 Å². The van der Waals surface area contributed by atoms with E-state index in [1.807, 2.05) is 0 Å². The standard InChI is InChI=1S/C29H28F3NO.C21H23N/c30-29(31,32)34-25-17-9-20(10-18-25)19-33-24-15-13-23(14-16-24)28-26-7-3-1-5-21(26)11-12-22-6-2-4-8-27(22)28;22-18-13-11-17(12-14-18)21-19-7-3-1-5-15(19)9-10-16-6-2-4-8-20(16)21/h1-10,17-18,24,33H,11-16,19H2;1-8,18H,9-14,22H2. The topological polar surface area (TPSA) is 47.3 Å². The summed E-state index contributed by atoms with van der Waals surface area (Å²) in [7, 11) is 0. The summed E-state index contributed by atoms with van der Waals surface area (Å²) in [5.41, 5.74) is 24.7. The minimum Gasteiger partial charge on any atom is -0.406 e. The van der Waals surface area contributed by atoms with Gasteiger partial charge in [-0.05, 0) is 150 Å². The maximum atomic E-state index is 12.3. The summed E-state index contributed by atoms with van der Waals surface area (Å²) in [6, 6.07) is 42.5. The van der Waals surface area contributed by atoms with Crippen molar-refractivity contribution in [3.8, 4) is 5.75 Å². The van der Waals surface area contributed by atoms with Gasteiger partial charge in [-0.1, -0.05) is 120 Å². The molecular weight excluding hydrogens is 702 g/mol. The fourth-order valence-electron chi connectivity index (χ4n) is 9.25. The Morgan fingerprint density at radius 2 is 0.875 bits per heavy atom. The van der Waals surface area contributed by atoms with Gasteiger partial charge >= 0.3 is 6.36 Å². The van der Waals surface area contributed by atoms with Crippen LogP contribution in [0.5, 0.6) is 5.75 Å². The van der Waals surface area contributed by atoms with Crippen LogP contribution in [0.2, 0.25) is 0 Å². The van der Waals surface area contributed by atoms with Crippen LogP contribution in [0.3, 0.4) is 0 Å². The number of fused-ring (bicyclic) bond motifs is 4. The number of ether oxygens (including phenoxy) is 1. The highest BCUT2D eigenvalue weighted by Crippen LogP contribution is 2.41. The summed E-state index contributed by atoms with van der Waals surface area (Å²) >= 11 is 0. The monoisotopic (exact) mass is 752 g/mol. The summed E-state index contributed by atoms with van der Waals surface area (Å²) in [4.78, 5) is 0. The molecule has 5 aromatic carbocycles. The predicted octanol–water partition coefficient (Wildman–Crippen LogP) is 11.7. The zero-order chi connectivity index (χ0) is 38.5. The number of rotatable bonds is 4. The molecule has 0 saturated heterocycles. The average Bonchev–Trinajstić information content (AvgIpc) is 3.49. The molecule has 0 amide bonds. The average molecular weight is 753 g/mol. The van der Waals surface area contributed by atoms with Crippen molar-refractivity contribution in [2.45, 2.75) is 102 Å². The van der Waals surface area contributed by atoms with Crippen LogP contribution in [0.25, 0.3) is 11.1 Å². The maximum Gasteiger partial charge on any atom is 0.573 e. The van der Waals surface area contributed by atoms with E-state index in [0.29, 0.717) is 18.6 Å².